The number of hydrogen-bond acceptors (Lipinski definition) is 3. The molecule has 0 atom stereocenters. The van der Waals surface area contributed by atoms with E-state index in [2.05, 4.69) is 10.0 Å². The van der Waals surface area contributed by atoms with Crippen molar-refractivity contribution in [1.82, 2.24) is 4.72 Å². The van der Waals surface area contributed by atoms with Gasteiger partial charge in [-0.25, -0.2) is 26.3 Å². The minimum atomic E-state index is -3.67. The van der Waals surface area contributed by atoms with E-state index in [1.165, 1.54) is 24.3 Å². The van der Waals surface area contributed by atoms with Gasteiger partial charge in [-0.2, -0.15) is 0 Å². The molecule has 0 aliphatic rings. The van der Waals surface area contributed by atoms with Gasteiger partial charge in [0.2, 0.25) is 10.0 Å². The Kier molecular flexibility index (Phi) is 5.81. The smallest absolute Gasteiger partial charge is 0.255 e. The van der Waals surface area contributed by atoms with Gasteiger partial charge in [-0.1, -0.05) is 6.92 Å². The highest BCUT2D eigenvalue weighted by Gasteiger charge is 2.17. The number of anilines is 1. The summed E-state index contributed by atoms with van der Waals surface area (Å²) in [5, 5.41) is 2.10. The molecule has 0 fully saturated rings. The van der Waals surface area contributed by atoms with Gasteiger partial charge in [-0.3, -0.25) is 4.79 Å². The number of benzene rings is 2. The van der Waals surface area contributed by atoms with Crippen molar-refractivity contribution in [3.05, 3.63) is 59.4 Å². The highest BCUT2D eigenvalue weighted by molar-refractivity contribution is 7.89. The molecule has 0 radical (unpaired) electrons. The predicted octanol–water partition coefficient (Wildman–Crippen LogP) is 3.04. The minimum absolute atomic E-state index is 0.0265. The summed E-state index contributed by atoms with van der Waals surface area (Å²) in [6.07, 6.45) is 0.625. The van der Waals surface area contributed by atoms with Crippen molar-refractivity contribution in [2.75, 3.05) is 11.9 Å². The molecular formula is C16H15F3N2O3S. The van der Waals surface area contributed by atoms with Gasteiger partial charge in [0.25, 0.3) is 5.91 Å². The fourth-order valence-electron chi connectivity index (χ4n) is 1.92. The molecule has 25 heavy (non-hydrogen) atoms. The second-order valence-electron chi connectivity index (χ2n) is 5.10. The van der Waals surface area contributed by atoms with Gasteiger partial charge in [0.15, 0.2) is 17.5 Å². The van der Waals surface area contributed by atoms with Crippen LogP contribution in [0, 0.1) is 17.5 Å². The molecule has 0 saturated heterocycles. The van der Waals surface area contributed by atoms with Crippen molar-refractivity contribution >= 4 is 21.6 Å². The van der Waals surface area contributed by atoms with E-state index in [1.807, 2.05) is 6.92 Å². The Labute approximate surface area is 142 Å². The molecule has 0 bridgehead atoms. The van der Waals surface area contributed by atoms with Gasteiger partial charge in [0.1, 0.15) is 0 Å². The number of sulfonamides is 1. The standard InChI is InChI=1S/C16H15F3N2O3S/c1-2-9-20-25(23,24)11-5-3-10(4-6-11)16(22)21-13-8-7-12(17)14(18)15(13)19/h3-8,20H,2,9H2,1H3,(H,21,22). The maximum Gasteiger partial charge on any atom is 0.255 e. The van der Waals surface area contributed by atoms with E-state index < -0.39 is 39.1 Å². The zero-order chi connectivity index (χ0) is 18.6. The third kappa shape index (κ3) is 4.37. The minimum Gasteiger partial charge on any atom is -0.319 e. The molecule has 0 aromatic heterocycles. The summed E-state index contributed by atoms with van der Waals surface area (Å²) < 4.78 is 65.8. The number of carbonyl (C=O) groups is 1. The van der Waals surface area contributed by atoms with Crippen molar-refractivity contribution in [2.24, 2.45) is 0 Å². The van der Waals surface area contributed by atoms with Crippen LogP contribution in [-0.4, -0.2) is 20.9 Å². The van der Waals surface area contributed by atoms with Gasteiger partial charge in [0.05, 0.1) is 10.6 Å². The highest BCUT2D eigenvalue weighted by atomic mass is 32.2. The highest BCUT2D eigenvalue weighted by Crippen LogP contribution is 2.20. The Morgan fingerprint density at radius 3 is 2.24 bits per heavy atom. The first kappa shape index (κ1) is 18.9. The lowest BCUT2D eigenvalue weighted by atomic mass is 10.2. The molecule has 0 heterocycles. The molecule has 2 N–H and O–H groups in total. The van der Waals surface area contributed by atoms with Crippen LogP contribution in [0.5, 0.6) is 0 Å². The monoisotopic (exact) mass is 372 g/mol. The Hall–Kier alpha value is -2.39. The zero-order valence-electron chi connectivity index (χ0n) is 13.1. The van der Waals surface area contributed by atoms with Crippen LogP contribution in [0.2, 0.25) is 0 Å². The summed E-state index contributed by atoms with van der Waals surface area (Å²) in [4.78, 5) is 12.0. The maximum absolute atomic E-state index is 13.6. The molecule has 0 aliphatic heterocycles. The molecule has 5 nitrogen and oxygen atoms in total. The molecule has 2 aromatic rings. The van der Waals surface area contributed by atoms with Crippen LogP contribution in [0.15, 0.2) is 41.3 Å². The van der Waals surface area contributed by atoms with Crippen LogP contribution in [0.1, 0.15) is 23.7 Å². The van der Waals surface area contributed by atoms with E-state index in [0.717, 1.165) is 6.07 Å². The summed E-state index contributed by atoms with van der Waals surface area (Å²) in [6, 6.07) is 6.46. The van der Waals surface area contributed by atoms with Gasteiger partial charge in [0, 0.05) is 12.1 Å². The zero-order valence-corrected chi connectivity index (χ0v) is 14.0. The molecule has 0 saturated carbocycles. The van der Waals surface area contributed by atoms with Crippen molar-refractivity contribution in [3.8, 4) is 0 Å². The fourth-order valence-corrected chi connectivity index (χ4v) is 3.06. The SMILES string of the molecule is CCCNS(=O)(=O)c1ccc(C(=O)Nc2ccc(F)c(F)c2F)cc1. The summed E-state index contributed by atoms with van der Waals surface area (Å²) in [7, 11) is -3.67. The largest absolute Gasteiger partial charge is 0.319 e. The lowest BCUT2D eigenvalue weighted by molar-refractivity contribution is 0.102. The van der Waals surface area contributed by atoms with Crippen molar-refractivity contribution in [1.29, 1.82) is 0 Å². The second-order valence-corrected chi connectivity index (χ2v) is 6.87. The molecule has 0 unspecified atom stereocenters. The van der Waals surface area contributed by atoms with E-state index in [0.29, 0.717) is 12.5 Å². The molecule has 134 valence electrons. The average molecular weight is 372 g/mol. The van der Waals surface area contributed by atoms with Crippen LogP contribution < -0.4 is 10.0 Å². The Balaban J connectivity index is 2.17. The molecule has 0 spiro atoms. The number of nitrogens with one attached hydrogen (secondary N) is 2. The third-order valence-electron chi connectivity index (χ3n) is 3.25. The van der Waals surface area contributed by atoms with Gasteiger partial charge in [-0.05, 0) is 42.8 Å². The van der Waals surface area contributed by atoms with Crippen LogP contribution in [0.4, 0.5) is 18.9 Å². The van der Waals surface area contributed by atoms with Gasteiger partial charge >= 0.3 is 0 Å². The lowest BCUT2D eigenvalue weighted by Gasteiger charge is -2.09. The lowest BCUT2D eigenvalue weighted by Crippen LogP contribution is -2.24. The van der Waals surface area contributed by atoms with Crippen molar-refractivity contribution < 1.29 is 26.4 Å². The quantitative estimate of drug-likeness (QED) is 0.766. The van der Waals surface area contributed by atoms with Crippen molar-refractivity contribution in [2.45, 2.75) is 18.2 Å². The van der Waals surface area contributed by atoms with E-state index >= 15 is 0 Å². The second kappa shape index (κ2) is 7.66. The molecule has 2 rings (SSSR count). The first-order valence-corrected chi connectivity index (χ1v) is 8.79. The molecule has 9 heteroatoms. The Bertz CT molecular complexity index is 884. The van der Waals surface area contributed by atoms with Crippen LogP contribution in [0.3, 0.4) is 0 Å². The number of amides is 1. The number of rotatable bonds is 6. The number of halogens is 3. The summed E-state index contributed by atoms with van der Waals surface area (Å²) in [5.41, 5.74) is -0.496. The molecule has 1 amide bonds. The first-order valence-electron chi connectivity index (χ1n) is 7.31. The van der Waals surface area contributed by atoms with Gasteiger partial charge < -0.3 is 5.32 Å². The molecule has 2 aromatic carbocycles. The van der Waals surface area contributed by atoms with E-state index in [4.69, 9.17) is 0 Å². The maximum atomic E-state index is 13.6. The normalized spacial score (nSPS) is 11.4. The van der Waals surface area contributed by atoms with Crippen LogP contribution in [-0.2, 0) is 10.0 Å². The topological polar surface area (TPSA) is 75.3 Å². The fraction of sp³-hybridized carbons (Fsp3) is 0.188. The number of carbonyl (C=O) groups excluding carboxylic acids is 1. The summed E-state index contributed by atoms with van der Waals surface area (Å²) in [6.45, 7) is 2.09. The Morgan fingerprint density at radius 1 is 1.00 bits per heavy atom. The summed E-state index contributed by atoms with van der Waals surface area (Å²) in [5.74, 6) is -5.38. The molecule has 0 aliphatic carbocycles. The van der Waals surface area contributed by atoms with Crippen molar-refractivity contribution in [3.63, 3.8) is 0 Å². The van der Waals surface area contributed by atoms with E-state index in [9.17, 15) is 26.4 Å². The summed E-state index contributed by atoms with van der Waals surface area (Å²) >= 11 is 0. The van der Waals surface area contributed by atoms with E-state index in [-0.39, 0.29) is 17.0 Å². The predicted molar refractivity (Wildman–Crippen MR) is 86.2 cm³/mol. The van der Waals surface area contributed by atoms with E-state index in [1.54, 1.807) is 0 Å². The third-order valence-corrected chi connectivity index (χ3v) is 4.73. The number of hydrogen-bond donors (Lipinski definition) is 2. The van der Waals surface area contributed by atoms with Crippen LogP contribution >= 0.6 is 0 Å². The van der Waals surface area contributed by atoms with Crippen LogP contribution in [0.25, 0.3) is 0 Å². The average Bonchev–Trinajstić information content (AvgIpc) is 2.60. The molecular weight excluding hydrogens is 357 g/mol. The van der Waals surface area contributed by atoms with Gasteiger partial charge in [-0.15, -0.1) is 0 Å². The Morgan fingerprint density at radius 2 is 1.64 bits per heavy atom. The first-order chi connectivity index (χ1) is 11.8.